The third kappa shape index (κ3) is 6.51. The first-order chi connectivity index (χ1) is 16.7. The number of carbonyl (C=O) groups excluding carboxylic acids is 2. The smallest absolute Gasteiger partial charge is 0.307 e. The summed E-state index contributed by atoms with van der Waals surface area (Å²) in [4.78, 5) is 24.6. The van der Waals surface area contributed by atoms with Crippen molar-refractivity contribution in [2.24, 2.45) is 0 Å². The highest BCUT2D eigenvalue weighted by Gasteiger charge is 2.30. The minimum Gasteiger partial charge on any atom is -0.496 e. The first-order valence-corrected chi connectivity index (χ1v) is 13.3. The molecule has 2 aromatic rings. The number of hydrogen-bond donors (Lipinski definition) is 3. The highest BCUT2D eigenvalue weighted by Crippen LogP contribution is 2.40. The molecule has 3 N–H and O–H groups in total. The molecule has 0 bridgehead atoms. The summed E-state index contributed by atoms with van der Waals surface area (Å²) in [5, 5.41) is 2.47. The number of hydrogen-bond acceptors (Lipinski definition) is 9. The Kier molecular flexibility index (Phi) is 9.11. The number of rotatable bonds is 9. The van der Waals surface area contributed by atoms with Gasteiger partial charge in [-0.3, -0.25) is 14.3 Å². The van der Waals surface area contributed by atoms with Gasteiger partial charge in [0.25, 0.3) is 15.9 Å². The molecule has 0 spiro atoms. The predicted molar refractivity (Wildman–Crippen MR) is 133 cm³/mol. The van der Waals surface area contributed by atoms with E-state index in [0.29, 0.717) is 47.1 Å². The number of ether oxygens (including phenoxy) is 3. The Balaban J connectivity index is 1.90. The molecule has 0 saturated carbocycles. The summed E-state index contributed by atoms with van der Waals surface area (Å²) in [5.41, 5.74) is 0.860. The molecule has 0 aliphatic carbocycles. The molecule has 1 aliphatic rings. The number of benzene rings is 2. The maximum atomic E-state index is 13.0. The number of nitrogens with one attached hydrogen (secondary N) is 3. The number of fused-ring (bicyclic) bond motifs is 1. The summed E-state index contributed by atoms with van der Waals surface area (Å²) in [5.74, 6) is 0.264. The van der Waals surface area contributed by atoms with Crippen LogP contribution >= 0.6 is 23.5 Å². The summed E-state index contributed by atoms with van der Waals surface area (Å²) < 4.78 is 47.0. The lowest BCUT2D eigenvalue weighted by atomic mass is 9.92. The van der Waals surface area contributed by atoms with Crippen LogP contribution in [0.15, 0.2) is 35.2 Å². The molecule has 1 atom stereocenters. The van der Waals surface area contributed by atoms with Gasteiger partial charge in [-0.05, 0) is 44.7 Å². The molecule has 1 unspecified atom stereocenters. The van der Waals surface area contributed by atoms with Crippen LogP contribution in [-0.4, -0.2) is 53.5 Å². The standard InChI is InChI=1S/C22H26ClN3O7S2/c1-4-32-19-11-18-15(10-20(19)35(29,30)26-22(28)34-24-2)13(7-8-33-18)12-25-21(27)16-9-14(23)5-6-17(16)31-3/h5-6,9-11,13,24H,4,7-8,12H2,1-3H3,(H,25,27)(H,26,28). The highest BCUT2D eigenvalue weighted by molar-refractivity contribution is 8.13. The fourth-order valence-corrected chi connectivity index (χ4v) is 5.45. The molecule has 3 rings (SSSR count). The van der Waals surface area contributed by atoms with Crippen LogP contribution in [0.4, 0.5) is 4.79 Å². The van der Waals surface area contributed by atoms with Crippen molar-refractivity contribution in [3.8, 4) is 17.2 Å². The van der Waals surface area contributed by atoms with Gasteiger partial charge in [0.1, 0.15) is 22.1 Å². The van der Waals surface area contributed by atoms with Gasteiger partial charge in [-0.2, -0.15) is 0 Å². The predicted octanol–water partition coefficient (Wildman–Crippen LogP) is 3.31. The molecule has 190 valence electrons. The minimum absolute atomic E-state index is 0.0642. The molecule has 1 aliphatic heterocycles. The molecule has 2 amide bonds. The second-order valence-corrected chi connectivity index (χ2v) is 10.4. The summed E-state index contributed by atoms with van der Waals surface area (Å²) in [6, 6.07) is 7.66. The normalized spacial score (nSPS) is 14.9. The van der Waals surface area contributed by atoms with Gasteiger partial charge in [0.2, 0.25) is 0 Å². The Morgan fingerprint density at radius 3 is 2.69 bits per heavy atom. The SMILES string of the molecule is CCOc1cc2c(cc1S(=O)(=O)NC(=O)SNC)C(CNC(=O)c1cc(Cl)ccc1OC)CCO2. The van der Waals surface area contributed by atoms with E-state index in [1.807, 2.05) is 4.72 Å². The van der Waals surface area contributed by atoms with E-state index in [0.717, 1.165) is 0 Å². The minimum atomic E-state index is -4.24. The van der Waals surface area contributed by atoms with Crippen molar-refractivity contribution in [2.75, 3.05) is 33.9 Å². The molecule has 1 heterocycles. The van der Waals surface area contributed by atoms with Crippen molar-refractivity contribution >= 4 is 44.7 Å². The first kappa shape index (κ1) is 26.9. The van der Waals surface area contributed by atoms with Gasteiger partial charge < -0.3 is 19.5 Å². The van der Waals surface area contributed by atoms with Crippen LogP contribution < -0.4 is 29.0 Å². The van der Waals surface area contributed by atoms with E-state index in [2.05, 4.69) is 10.0 Å². The zero-order chi connectivity index (χ0) is 25.6. The van der Waals surface area contributed by atoms with Gasteiger partial charge in [-0.1, -0.05) is 11.6 Å². The Hall–Kier alpha value is -2.67. The zero-order valence-corrected chi connectivity index (χ0v) is 21.7. The third-order valence-corrected chi connectivity index (χ3v) is 7.36. The molecule has 35 heavy (non-hydrogen) atoms. The fraction of sp³-hybridized carbons (Fsp3) is 0.364. The zero-order valence-electron chi connectivity index (χ0n) is 19.3. The molecule has 0 saturated heterocycles. The van der Waals surface area contributed by atoms with Crippen molar-refractivity contribution in [2.45, 2.75) is 24.2 Å². The average Bonchev–Trinajstić information content (AvgIpc) is 2.81. The number of carbonyl (C=O) groups is 2. The van der Waals surface area contributed by atoms with E-state index in [4.69, 9.17) is 25.8 Å². The Labute approximate surface area is 213 Å². The highest BCUT2D eigenvalue weighted by atomic mass is 35.5. The van der Waals surface area contributed by atoms with Crippen LogP contribution in [0, 0.1) is 0 Å². The molecular weight excluding hydrogens is 518 g/mol. The molecule has 2 aromatic carbocycles. The second kappa shape index (κ2) is 11.8. The lowest BCUT2D eigenvalue weighted by Crippen LogP contribution is -2.32. The van der Waals surface area contributed by atoms with Crippen LogP contribution in [0.1, 0.15) is 35.2 Å². The number of halogens is 1. The topological polar surface area (TPSA) is 132 Å². The molecule has 0 radical (unpaired) electrons. The van der Waals surface area contributed by atoms with Crippen molar-refractivity contribution in [3.05, 3.63) is 46.5 Å². The van der Waals surface area contributed by atoms with E-state index >= 15 is 0 Å². The molecule has 10 nitrogen and oxygen atoms in total. The van der Waals surface area contributed by atoms with Crippen LogP contribution in [0.5, 0.6) is 17.2 Å². The van der Waals surface area contributed by atoms with Gasteiger partial charge in [0.15, 0.2) is 0 Å². The maximum Gasteiger partial charge on any atom is 0.307 e. The number of methoxy groups -OCH3 is 1. The van der Waals surface area contributed by atoms with E-state index in [9.17, 15) is 18.0 Å². The number of sulfonamides is 1. The van der Waals surface area contributed by atoms with Crippen LogP contribution in [0.3, 0.4) is 0 Å². The van der Waals surface area contributed by atoms with Gasteiger partial charge in [-0.25, -0.2) is 13.1 Å². The van der Waals surface area contributed by atoms with Gasteiger partial charge in [0.05, 0.1) is 25.9 Å². The van der Waals surface area contributed by atoms with Gasteiger partial charge in [0, 0.05) is 41.1 Å². The van der Waals surface area contributed by atoms with Crippen molar-refractivity contribution in [3.63, 3.8) is 0 Å². The Morgan fingerprint density at radius 2 is 2.00 bits per heavy atom. The van der Waals surface area contributed by atoms with Crippen LogP contribution in [-0.2, 0) is 10.0 Å². The maximum absolute atomic E-state index is 13.0. The van der Waals surface area contributed by atoms with E-state index in [1.165, 1.54) is 32.4 Å². The third-order valence-electron chi connectivity index (χ3n) is 5.16. The quantitative estimate of drug-likeness (QED) is 0.407. The van der Waals surface area contributed by atoms with Crippen LogP contribution in [0.2, 0.25) is 5.02 Å². The lowest BCUT2D eigenvalue weighted by molar-refractivity contribution is 0.0945. The van der Waals surface area contributed by atoms with Crippen LogP contribution in [0.25, 0.3) is 0 Å². The van der Waals surface area contributed by atoms with E-state index in [1.54, 1.807) is 19.1 Å². The molecule has 13 heteroatoms. The van der Waals surface area contributed by atoms with Crippen molar-refractivity contribution < 1.29 is 32.2 Å². The van der Waals surface area contributed by atoms with Gasteiger partial charge >= 0.3 is 5.24 Å². The van der Waals surface area contributed by atoms with Gasteiger partial charge in [-0.15, -0.1) is 0 Å². The average molecular weight is 544 g/mol. The van der Waals surface area contributed by atoms with Crippen molar-refractivity contribution in [1.82, 2.24) is 14.8 Å². The Morgan fingerprint density at radius 1 is 1.23 bits per heavy atom. The first-order valence-electron chi connectivity index (χ1n) is 10.7. The van der Waals surface area contributed by atoms with E-state index in [-0.39, 0.29) is 41.2 Å². The monoisotopic (exact) mass is 543 g/mol. The second-order valence-electron chi connectivity index (χ2n) is 7.36. The lowest BCUT2D eigenvalue weighted by Gasteiger charge is -2.27. The van der Waals surface area contributed by atoms with E-state index < -0.39 is 15.3 Å². The summed E-state index contributed by atoms with van der Waals surface area (Å²) in [6.45, 7) is 2.51. The molecule has 0 fully saturated rings. The number of amides is 2. The summed E-state index contributed by atoms with van der Waals surface area (Å²) >= 11 is 6.64. The summed E-state index contributed by atoms with van der Waals surface area (Å²) in [6.07, 6.45) is 0.537. The molecular formula is C22H26ClN3O7S2. The largest absolute Gasteiger partial charge is 0.496 e. The fourth-order valence-electron chi connectivity index (χ4n) is 3.61. The van der Waals surface area contributed by atoms with Crippen molar-refractivity contribution in [1.29, 1.82) is 0 Å². The summed E-state index contributed by atoms with van der Waals surface area (Å²) in [7, 11) is -1.28. The Bertz CT molecular complexity index is 1210. The molecule has 0 aromatic heterocycles.